The minimum absolute atomic E-state index is 0.669. The van der Waals surface area contributed by atoms with Gasteiger partial charge in [0, 0.05) is 11.1 Å². The lowest BCUT2D eigenvalue weighted by Crippen LogP contribution is -2.04. The Labute approximate surface area is 127 Å². The van der Waals surface area contributed by atoms with Crippen molar-refractivity contribution in [2.75, 3.05) is 0 Å². The van der Waals surface area contributed by atoms with Crippen molar-refractivity contribution in [1.29, 1.82) is 0 Å². The molecule has 0 atom stereocenters. The maximum absolute atomic E-state index is 4.60. The van der Waals surface area contributed by atoms with Gasteiger partial charge in [0.25, 0.3) is 0 Å². The zero-order valence-corrected chi connectivity index (χ0v) is 13.3. The second-order valence-electron chi connectivity index (χ2n) is 4.46. The maximum atomic E-state index is 4.60. The molecular weight excluding hydrogens is 258 g/mol. The molecule has 1 rings (SSSR count). The smallest absolute Gasteiger partial charge is 0.163 e. The van der Waals surface area contributed by atoms with Crippen LogP contribution in [0, 0.1) is 6.92 Å². The van der Waals surface area contributed by atoms with Crippen LogP contribution in [0.25, 0.3) is 11.1 Å². The second-order valence-corrected chi connectivity index (χ2v) is 4.46. The molecule has 110 valence electrons. The van der Waals surface area contributed by atoms with Crippen LogP contribution >= 0.6 is 0 Å². The van der Waals surface area contributed by atoms with Crippen LogP contribution in [-0.2, 0) is 0 Å². The Morgan fingerprint density at radius 3 is 2.10 bits per heavy atom. The molecule has 0 saturated carbocycles. The molecule has 3 heteroatoms. The number of allylic oxidation sites excluding steroid dienone is 9. The van der Waals surface area contributed by atoms with Crippen molar-refractivity contribution in [3.8, 4) is 0 Å². The van der Waals surface area contributed by atoms with Gasteiger partial charge in [0.2, 0.25) is 0 Å². The van der Waals surface area contributed by atoms with Crippen molar-refractivity contribution in [3.05, 3.63) is 66.6 Å². The quantitative estimate of drug-likeness (QED) is 0.710. The Bertz CT molecular complexity index is 605. The van der Waals surface area contributed by atoms with Crippen molar-refractivity contribution in [2.24, 2.45) is 0 Å². The van der Waals surface area contributed by atoms with Gasteiger partial charge in [-0.05, 0) is 27.2 Å². The van der Waals surface area contributed by atoms with Gasteiger partial charge in [0.05, 0.1) is 0 Å². The van der Waals surface area contributed by atoms with Crippen molar-refractivity contribution >= 4 is 11.1 Å². The first kappa shape index (κ1) is 16.8. The van der Waals surface area contributed by atoms with E-state index in [9.17, 15) is 0 Å². The van der Waals surface area contributed by atoms with Crippen molar-refractivity contribution < 1.29 is 0 Å². The molecule has 3 nitrogen and oxygen atoms in total. The number of aryl methyl sites for hydroxylation is 1. The summed E-state index contributed by atoms with van der Waals surface area (Å²) in [5, 5.41) is 0. The van der Waals surface area contributed by atoms with Crippen molar-refractivity contribution in [3.63, 3.8) is 0 Å². The SMILES string of the molecule is C=C/C=C(\C=C/C)c1nc(C)nc(C(/C=C\C)=C/CC)n1. The summed E-state index contributed by atoms with van der Waals surface area (Å²) in [7, 11) is 0. The Hall–Kier alpha value is -2.29. The fourth-order valence-electron chi connectivity index (χ4n) is 1.88. The van der Waals surface area contributed by atoms with Crippen molar-refractivity contribution in [2.45, 2.75) is 34.1 Å². The monoisotopic (exact) mass is 281 g/mol. The van der Waals surface area contributed by atoms with Crippen LogP contribution in [0.1, 0.15) is 44.7 Å². The summed E-state index contributed by atoms with van der Waals surface area (Å²) in [4.78, 5) is 13.5. The molecule has 0 saturated heterocycles. The summed E-state index contributed by atoms with van der Waals surface area (Å²) in [5.74, 6) is 2.08. The van der Waals surface area contributed by atoms with Crippen LogP contribution in [0.15, 0.2) is 49.1 Å². The lowest BCUT2D eigenvalue weighted by molar-refractivity contribution is 0.933. The predicted molar refractivity (Wildman–Crippen MR) is 90.6 cm³/mol. The topological polar surface area (TPSA) is 38.7 Å². The highest BCUT2D eigenvalue weighted by molar-refractivity contribution is 5.73. The predicted octanol–water partition coefficient (Wildman–Crippen LogP) is 4.70. The summed E-state index contributed by atoms with van der Waals surface area (Å²) < 4.78 is 0. The molecule has 0 spiro atoms. The molecule has 0 amide bonds. The van der Waals surface area contributed by atoms with E-state index >= 15 is 0 Å². The number of rotatable bonds is 6. The van der Waals surface area contributed by atoms with Gasteiger partial charge in [-0.25, -0.2) is 15.0 Å². The Balaban J connectivity index is 3.42. The fraction of sp³-hybridized carbons (Fsp3) is 0.278. The lowest BCUT2D eigenvalue weighted by atomic mass is 10.1. The molecule has 0 unspecified atom stereocenters. The standard InChI is InChI=1S/C18H23N3/c1-6-10-15(11-7-2)17-19-14(5)20-18(21-17)16(12-8-3)13-9-4/h6-8,10-13H,1,9H2,2-5H3/b11-7-,12-8-,15-10+,16-13+. The van der Waals surface area contributed by atoms with E-state index in [0.717, 1.165) is 17.6 Å². The van der Waals surface area contributed by atoms with E-state index < -0.39 is 0 Å². The Morgan fingerprint density at radius 1 is 1.00 bits per heavy atom. The highest BCUT2D eigenvalue weighted by Crippen LogP contribution is 2.17. The largest absolute Gasteiger partial charge is 0.213 e. The van der Waals surface area contributed by atoms with Crippen molar-refractivity contribution in [1.82, 2.24) is 15.0 Å². The van der Waals surface area contributed by atoms with E-state index in [1.54, 1.807) is 6.08 Å². The lowest BCUT2D eigenvalue weighted by Gasteiger charge is -2.06. The van der Waals surface area contributed by atoms with Crippen LogP contribution in [0.2, 0.25) is 0 Å². The molecule has 0 aliphatic carbocycles. The van der Waals surface area contributed by atoms with Crippen LogP contribution in [0.3, 0.4) is 0 Å². The Kier molecular flexibility index (Phi) is 7.02. The molecule has 1 aromatic heterocycles. The van der Waals surface area contributed by atoms with E-state index in [1.165, 1.54) is 0 Å². The van der Waals surface area contributed by atoms with E-state index in [2.05, 4.69) is 34.5 Å². The average molecular weight is 281 g/mol. The van der Waals surface area contributed by atoms with Crippen LogP contribution in [0.4, 0.5) is 0 Å². The summed E-state index contributed by atoms with van der Waals surface area (Å²) in [6.45, 7) is 11.7. The highest BCUT2D eigenvalue weighted by atomic mass is 15.0. The number of nitrogens with zero attached hydrogens (tertiary/aromatic N) is 3. The van der Waals surface area contributed by atoms with Gasteiger partial charge in [-0.3, -0.25) is 0 Å². The van der Waals surface area contributed by atoms with Gasteiger partial charge >= 0.3 is 0 Å². The van der Waals surface area contributed by atoms with Gasteiger partial charge < -0.3 is 0 Å². The number of aromatic nitrogens is 3. The summed E-state index contributed by atoms with van der Waals surface area (Å²) in [6, 6.07) is 0. The van der Waals surface area contributed by atoms with Gasteiger partial charge in [-0.1, -0.05) is 56.0 Å². The van der Waals surface area contributed by atoms with Crippen LogP contribution < -0.4 is 0 Å². The third-order valence-electron chi connectivity index (χ3n) is 2.68. The molecule has 1 heterocycles. The molecule has 0 bridgehead atoms. The first-order valence-corrected chi connectivity index (χ1v) is 7.17. The molecule has 0 radical (unpaired) electrons. The summed E-state index contributed by atoms with van der Waals surface area (Å²) in [6.07, 6.45) is 14.6. The second kappa shape index (κ2) is 8.80. The molecule has 0 aromatic carbocycles. The Morgan fingerprint density at radius 2 is 1.57 bits per heavy atom. The minimum atomic E-state index is 0.669. The fourth-order valence-corrected chi connectivity index (χ4v) is 1.88. The third-order valence-corrected chi connectivity index (χ3v) is 2.68. The maximum Gasteiger partial charge on any atom is 0.163 e. The summed E-state index contributed by atoms with van der Waals surface area (Å²) >= 11 is 0. The van der Waals surface area contributed by atoms with Gasteiger partial charge in [0.15, 0.2) is 11.6 Å². The van der Waals surface area contributed by atoms with E-state index in [-0.39, 0.29) is 0 Å². The molecule has 0 fully saturated rings. The number of hydrogen-bond acceptors (Lipinski definition) is 3. The van der Waals surface area contributed by atoms with E-state index in [4.69, 9.17) is 0 Å². The van der Waals surface area contributed by atoms with Gasteiger partial charge in [-0.2, -0.15) is 0 Å². The van der Waals surface area contributed by atoms with Gasteiger partial charge in [-0.15, -0.1) is 0 Å². The zero-order valence-electron chi connectivity index (χ0n) is 13.3. The molecule has 1 aromatic rings. The normalized spacial score (nSPS) is 13.3. The van der Waals surface area contributed by atoms with Gasteiger partial charge in [0.1, 0.15) is 5.82 Å². The first-order valence-electron chi connectivity index (χ1n) is 7.17. The summed E-state index contributed by atoms with van der Waals surface area (Å²) in [5.41, 5.74) is 1.95. The van der Waals surface area contributed by atoms with E-state index in [0.29, 0.717) is 17.5 Å². The van der Waals surface area contributed by atoms with Crippen LogP contribution in [0.5, 0.6) is 0 Å². The molecule has 0 aliphatic heterocycles. The molecule has 0 N–H and O–H groups in total. The third kappa shape index (κ3) is 4.95. The molecular formula is C18H23N3. The minimum Gasteiger partial charge on any atom is -0.213 e. The first-order chi connectivity index (χ1) is 10.2. The molecule has 21 heavy (non-hydrogen) atoms. The highest BCUT2D eigenvalue weighted by Gasteiger charge is 2.08. The molecule has 0 aliphatic rings. The average Bonchev–Trinajstić information content (AvgIpc) is 2.46. The van der Waals surface area contributed by atoms with Crippen LogP contribution in [-0.4, -0.2) is 15.0 Å². The zero-order chi connectivity index (χ0) is 15.7. The number of hydrogen-bond donors (Lipinski definition) is 0. The van der Waals surface area contributed by atoms with E-state index in [1.807, 2.05) is 51.2 Å².